The van der Waals surface area contributed by atoms with Gasteiger partial charge in [-0.05, 0) is 50.2 Å². The molecule has 158 valence electrons. The third-order valence-electron chi connectivity index (χ3n) is 4.85. The predicted molar refractivity (Wildman–Crippen MR) is 119 cm³/mol. The van der Waals surface area contributed by atoms with E-state index in [0.717, 1.165) is 4.47 Å². The second kappa shape index (κ2) is 9.30. The first-order valence-corrected chi connectivity index (χ1v) is 10.4. The molecule has 1 N–H and O–H groups in total. The highest BCUT2D eigenvalue weighted by Gasteiger charge is 2.31. The molecule has 2 aromatic rings. The number of carbonyl (C=O) groups excluding carboxylic acids is 3. The SMILES string of the molecule is CC(Oc1ccc(Br)cc1)C(=O)N(C)CC(=O)N1c2ccccc2NC(=O)CC1C. The lowest BCUT2D eigenvalue weighted by Gasteiger charge is -2.30. The van der Waals surface area contributed by atoms with Crippen LogP contribution in [0.15, 0.2) is 53.0 Å². The number of halogens is 1. The summed E-state index contributed by atoms with van der Waals surface area (Å²) in [5.41, 5.74) is 1.21. The van der Waals surface area contributed by atoms with Gasteiger partial charge in [0.15, 0.2) is 6.10 Å². The molecule has 0 saturated carbocycles. The van der Waals surface area contributed by atoms with Gasteiger partial charge >= 0.3 is 0 Å². The van der Waals surface area contributed by atoms with E-state index in [1.54, 1.807) is 49.2 Å². The molecule has 0 bridgehead atoms. The Labute approximate surface area is 184 Å². The quantitative estimate of drug-likeness (QED) is 0.721. The average Bonchev–Trinajstić information content (AvgIpc) is 2.83. The van der Waals surface area contributed by atoms with Crippen LogP contribution in [-0.2, 0) is 14.4 Å². The van der Waals surface area contributed by atoms with Gasteiger partial charge in [-0.15, -0.1) is 0 Å². The van der Waals surface area contributed by atoms with E-state index in [1.807, 2.05) is 25.1 Å². The summed E-state index contributed by atoms with van der Waals surface area (Å²) in [5.74, 6) is -0.154. The van der Waals surface area contributed by atoms with Crippen LogP contribution in [0.25, 0.3) is 0 Å². The zero-order valence-corrected chi connectivity index (χ0v) is 18.7. The number of para-hydroxylation sites is 2. The molecule has 1 heterocycles. The monoisotopic (exact) mass is 473 g/mol. The summed E-state index contributed by atoms with van der Waals surface area (Å²) in [4.78, 5) is 40.9. The highest BCUT2D eigenvalue weighted by Crippen LogP contribution is 2.31. The van der Waals surface area contributed by atoms with Crippen LogP contribution in [-0.4, -0.2) is 48.4 Å². The molecule has 2 atom stereocenters. The second-order valence-corrected chi connectivity index (χ2v) is 8.21. The van der Waals surface area contributed by atoms with Crippen molar-refractivity contribution in [2.45, 2.75) is 32.4 Å². The van der Waals surface area contributed by atoms with Crippen LogP contribution in [0.3, 0.4) is 0 Å². The molecule has 7 nitrogen and oxygen atoms in total. The van der Waals surface area contributed by atoms with Gasteiger partial charge in [-0.2, -0.15) is 0 Å². The number of likely N-dealkylation sites (N-methyl/N-ethyl adjacent to an activating group) is 1. The number of ether oxygens (including phenoxy) is 1. The van der Waals surface area contributed by atoms with Crippen LogP contribution in [0, 0.1) is 0 Å². The molecule has 0 saturated heterocycles. The topological polar surface area (TPSA) is 79.0 Å². The van der Waals surface area contributed by atoms with Gasteiger partial charge < -0.3 is 19.9 Å². The molecular formula is C22H24BrN3O4. The van der Waals surface area contributed by atoms with Crippen molar-refractivity contribution in [1.29, 1.82) is 0 Å². The fraction of sp³-hybridized carbons (Fsp3) is 0.318. The van der Waals surface area contributed by atoms with Crippen LogP contribution in [0.4, 0.5) is 11.4 Å². The minimum absolute atomic E-state index is 0.125. The van der Waals surface area contributed by atoms with E-state index in [-0.39, 0.29) is 36.7 Å². The smallest absolute Gasteiger partial charge is 0.263 e. The molecular weight excluding hydrogens is 450 g/mol. The minimum atomic E-state index is -0.749. The van der Waals surface area contributed by atoms with Gasteiger partial charge in [-0.25, -0.2) is 0 Å². The molecule has 2 aromatic carbocycles. The number of carbonyl (C=O) groups is 3. The van der Waals surface area contributed by atoms with Crippen molar-refractivity contribution in [3.63, 3.8) is 0 Å². The van der Waals surface area contributed by atoms with Gasteiger partial charge in [0.25, 0.3) is 5.91 Å². The number of benzene rings is 2. The molecule has 0 aromatic heterocycles. The van der Waals surface area contributed by atoms with E-state index in [1.165, 1.54) is 4.90 Å². The van der Waals surface area contributed by atoms with Gasteiger partial charge in [-0.1, -0.05) is 28.1 Å². The molecule has 3 amide bonds. The first-order valence-electron chi connectivity index (χ1n) is 9.64. The molecule has 8 heteroatoms. The Morgan fingerprint density at radius 2 is 1.90 bits per heavy atom. The van der Waals surface area contributed by atoms with E-state index in [9.17, 15) is 14.4 Å². The number of hydrogen-bond donors (Lipinski definition) is 1. The van der Waals surface area contributed by atoms with Gasteiger partial charge in [0.05, 0.1) is 17.9 Å². The van der Waals surface area contributed by atoms with Crippen molar-refractivity contribution < 1.29 is 19.1 Å². The van der Waals surface area contributed by atoms with Crippen molar-refractivity contribution >= 4 is 45.0 Å². The summed E-state index contributed by atoms with van der Waals surface area (Å²) in [5, 5.41) is 2.83. The third-order valence-corrected chi connectivity index (χ3v) is 5.38. The Morgan fingerprint density at radius 3 is 2.60 bits per heavy atom. The van der Waals surface area contributed by atoms with Crippen LogP contribution in [0.5, 0.6) is 5.75 Å². The summed E-state index contributed by atoms with van der Waals surface area (Å²) in [6.45, 7) is 3.35. The van der Waals surface area contributed by atoms with Gasteiger partial charge in [0, 0.05) is 24.0 Å². The summed E-state index contributed by atoms with van der Waals surface area (Å²) in [6.07, 6.45) is -0.567. The number of rotatable bonds is 5. The van der Waals surface area contributed by atoms with Crippen molar-refractivity contribution in [3.05, 3.63) is 53.0 Å². The first kappa shape index (κ1) is 21.8. The van der Waals surface area contributed by atoms with Crippen LogP contribution in [0.1, 0.15) is 20.3 Å². The Bertz CT molecular complexity index is 948. The Balaban J connectivity index is 1.70. The van der Waals surface area contributed by atoms with E-state index in [2.05, 4.69) is 21.2 Å². The number of nitrogens with zero attached hydrogens (tertiary/aromatic N) is 2. The molecule has 0 fully saturated rings. The number of amides is 3. The van der Waals surface area contributed by atoms with Gasteiger partial charge in [0.1, 0.15) is 5.75 Å². The number of hydrogen-bond acceptors (Lipinski definition) is 4. The standard InChI is InChI=1S/C22H24BrN3O4/c1-14-12-20(27)24-18-6-4-5-7-19(18)26(14)21(28)13-25(3)22(29)15(2)30-17-10-8-16(23)9-11-17/h4-11,14-15H,12-13H2,1-3H3,(H,24,27). The van der Waals surface area contributed by atoms with Crippen LogP contribution in [0.2, 0.25) is 0 Å². The summed E-state index contributed by atoms with van der Waals surface area (Å²) in [6, 6.07) is 14.0. The molecule has 2 unspecified atom stereocenters. The summed E-state index contributed by atoms with van der Waals surface area (Å²) < 4.78 is 6.61. The lowest BCUT2D eigenvalue weighted by Crippen LogP contribution is -2.47. The largest absolute Gasteiger partial charge is 0.481 e. The van der Waals surface area contributed by atoms with E-state index >= 15 is 0 Å². The lowest BCUT2D eigenvalue weighted by molar-refractivity contribution is -0.139. The fourth-order valence-electron chi connectivity index (χ4n) is 3.40. The first-order chi connectivity index (χ1) is 14.3. The highest BCUT2D eigenvalue weighted by molar-refractivity contribution is 9.10. The lowest BCUT2D eigenvalue weighted by atomic mass is 10.1. The molecule has 1 aliphatic rings. The normalized spacial score (nSPS) is 16.7. The van der Waals surface area contributed by atoms with Crippen LogP contribution < -0.4 is 15.0 Å². The van der Waals surface area contributed by atoms with E-state index in [4.69, 9.17) is 4.74 Å². The molecule has 1 aliphatic heterocycles. The van der Waals surface area contributed by atoms with E-state index in [0.29, 0.717) is 17.1 Å². The fourth-order valence-corrected chi connectivity index (χ4v) is 3.67. The molecule has 0 aliphatic carbocycles. The Hall–Kier alpha value is -2.87. The average molecular weight is 474 g/mol. The van der Waals surface area contributed by atoms with Crippen molar-refractivity contribution in [1.82, 2.24) is 4.90 Å². The molecule has 3 rings (SSSR count). The molecule has 0 radical (unpaired) electrons. The van der Waals surface area contributed by atoms with Gasteiger partial charge in [-0.3, -0.25) is 14.4 Å². The zero-order valence-electron chi connectivity index (χ0n) is 17.1. The van der Waals surface area contributed by atoms with Gasteiger partial charge in [0.2, 0.25) is 11.8 Å². The number of fused-ring (bicyclic) bond motifs is 1. The maximum Gasteiger partial charge on any atom is 0.263 e. The summed E-state index contributed by atoms with van der Waals surface area (Å²) >= 11 is 3.36. The Morgan fingerprint density at radius 1 is 1.23 bits per heavy atom. The third kappa shape index (κ3) is 4.99. The maximum atomic E-state index is 13.1. The predicted octanol–water partition coefficient (Wildman–Crippen LogP) is 3.44. The van der Waals surface area contributed by atoms with Crippen molar-refractivity contribution in [2.75, 3.05) is 23.8 Å². The van der Waals surface area contributed by atoms with Crippen molar-refractivity contribution in [3.8, 4) is 5.75 Å². The van der Waals surface area contributed by atoms with Crippen molar-refractivity contribution in [2.24, 2.45) is 0 Å². The maximum absolute atomic E-state index is 13.1. The Kier molecular flexibility index (Phi) is 6.77. The highest BCUT2D eigenvalue weighted by atomic mass is 79.9. The summed E-state index contributed by atoms with van der Waals surface area (Å²) in [7, 11) is 1.57. The second-order valence-electron chi connectivity index (χ2n) is 7.29. The van der Waals surface area contributed by atoms with Crippen LogP contribution >= 0.6 is 15.9 Å². The van der Waals surface area contributed by atoms with E-state index < -0.39 is 6.10 Å². The number of anilines is 2. The molecule has 0 spiro atoms. The number of nitrogens with one attached hydrogen (secondary N) is 1. The zero-order chi connectivity index (χ0) is 21.8. The minimum Gasteiger partial charge on any atom is -0.481 e. The molecule has 30 heavy (non-hydrogen) atoms.